The van der Waals surface area contributed by atoms with E-state index < -0.39 is 20.7 Å². The number of fused-ring (bicyclic) bond motifs is 1. The number of aromatic nitrogens is 3. The summed E-state index contributed by atoms with van der Waals surface area (Å²) < 4.78 is 55.5. The highest BCUT2D eigenvalue weighted by atomic mass is 35.5. The summed E-state index contributed by atoms with van der Waals surface area (Å²) in [6, 6.07) is 8.84. The number of H-pyrrole nitrogens is 1. The highest BCUT2D eigenvalue weighted by Gasteiger charge is 2.26. The summed E-state index contributed by atoms with van der Waals surface area (Å²) in [5.41, 5.74) is 0.578. The first-order valence-electron chi connectivity index (χ1n) is 12.4. The van der Waals surface area contributed by atoms with E-state index in [2.05, 4.69) is 24.6 Å². The molecule has 9 nitrogen and oxygen atoms in total. The molecule has 206 valence electrons. The van der Waals surface area contributed by atoms with Gasteiger partial charge in [0.1, 0.15) is 17.0 Å². The first kappa shape index (κ1) is 27.3. The van der Waals surface area contributed by atoms with Crippen LogP contribution in [0.2, 0.25) is 10.0 Å². The molecule has 4 aromatic rings. The Labute approximate surface area is 235 Å². The molecule has 0 radical (unpaired) electrons. The Kier molecular flexibility index (Phi) is 8.01. The first-order chi connectivity index (χ1) is 18.8. The van der Waals surface area contributed by atoms with Gasteiger partial charge in [-0.25, -0.2) is 22.8 Å². The van der Waals surface area contributed by atoms with Gasteiger partial charge in [-0.15, -0.1) is 0 Å². The number of anilines is 2. The Bertz CT molecular complexity index is 1600. The molecule has 2 aromatic heterocycles. The lowest BCUT2D eigenvalue weighted by atomic mass is 9.99. The molecule has 1 aliphatic rings. The summed E-state index contributed by atoms with van der Waals surface area (Å²) in [5, 5.41) is 1.17. The number of halogens is 3. The summed E-state index contributed by atoms with van der Waals surface area (Å²) in [4.78, 5) is 12.9. The minimum atomic E-state index is -4.30. The van der Waals surface area contributed by atoms with Gasteiger partial charge in [0.25, 0.3) is 10.0 Å². The molecule has 0 amide bonds. The van der Waals surface area contributed by atoms with Gasteiger partial charge in [-0.2, -0.15) is 0 Å². The predicted octanol–water partition coefficient (Wildman–Crippen LogP) is 5.90. The lowest BCUT2D eigenvalue weighted by Crippen LogP contribution is -2.38. The van der Waals surface area contributed by atoms with E-state index in [4.69, 9.17) is 32.7 Å². The summed E-state index contributed by atoms with van der Waals surface area (Å²) in [6.45, 7) is 4.07. The van der Waals surface area contributed by atoms with Crippen molar-refractivity contribution in [1.82, 2.24) is 15.0 Å². The third-order valence-corrected chi connectivity index (χ3v) is 8.43. The zero-order chi connectivity index (χ0) is 27.6. The van der Waals surface area contributed by atoms with Crippen LogP contribution in [0.25, 0.3) is 10.9 Å². The summed E-state index contributed by atoms with van der Waals surface area (Å²) in [6.07, 6.45) is 4.75. The maximum atomic E-state index is 15.4. The van der Waals surface area contributed by atoms with Gasteiger partial charge in [-0.05, 0) is 44.0 Å². The van der Waals surface area contributed by atoms with E-state index in [0.29, 0.717) is 40.0 Å². The third kappa shape index (κ3) is 5.85. The van der Waals surface area contributed by atoms with Crippen molar-refractivity contribution in [3.8, 4) is 11.6 Å². The van der Waals surface area contributed by atoms with Crippen LogP contribution in [0.5, 0.6) is 11.6 Å². The molecule has 2 N–H and O–H groups in total. The van der Waals surface area contributed by atoms with Crippen LogP contribution < -0.4 is 19.1 Å². The number of hydrogen-bond donors (Lipinski definition) is 2. The molecule has 0 aliphatic carbocycles. The molecule has 5 rings (SSSR count). The predicted molar refractivity (Wildman–Crippen MR) is 149 cm³/mol. The molecular formula is C26H26Cl2FN5O4S. The van der Waals surface area contributed by atoms with E-state index in [9.17, 15) is 8.42 Å². The Morgan fingerprint density at radius 3 is 2.85 bits per heavy atom. The number of aromatic amines is 1. The van der Waals surface area contributed by atoms with Gasteiger partial charge in [0.05, 0.1) is 34.5 Å². The largest absolute Gasteiger partial charge is 0.490 e. The maximum Gasteiger partial charge on any atom is 0.265 e. The molecule has 0 bridgehead atoms. The van der Waals surface area contributed by atoms with Crippen LogP contribution in [0.3, 0.4) is 0 Å². The molecule has 1 aliphatic heterocycles. The fraction of sp³-hybridized carbons (Fsp3) is 0.308. The minimum absolute atomic E-state index is 0.0852. The van der Waals surface area contributed by atoms with Crippen LogP contribution in [-0.2, 0) is 10.0 Å². The van der Waals surface area contributed by atoms with Crippen LogP contribution in [0, 0.1) is 11.7 Å². The van der Waals surface area contributed by atoms with E-state index in [0.717, 1.165) is 25.2 Å². The van der Waals surface area contributed by atoms with Crippen molar-refractivity contribution in [3.63, 3.8) is 0 Å². The number of piperidine rings is 1. The van der Waals surface area contributed by atoms with Gasteiger partial charge in [0.2, 0.25) is 5.88 Å². The molecule has 1 atom stereocenters. The van der Waals surface area contributed by atoms with E-state index in [1.54, 1.807) is 6.07 Å². The van der Waals surface area contributed by atoms with Crippen molar-refractivity contribution in [2.24, 2.45) is 5.92 Å². The zero-order valence-corrected chi connectivity index (χ0v) is 23.3. The second-order valence-electron chi connectivity index (χ2n) is 9.07. The topological polar surface area (TPSA) is 109 Å². The van der Waals surface area contributed by atoms with E-state index in [1.165, 1.54) is 42.9 Å². The van der Waals surface area contributed by atoms with E-state index in [1.807, 2.05) is 6.92 Å². The van der Waals surface area contributed by atoms with Crippen molar-refractivity contribution < 1.29 is 22.3 Å². The summed E-state index contributed by atoms with van der Waals surface area (Å²) in [5.74, 6) is 0.239. The molecule has 1 saturated heterocycles. The second kappa shape index (κ2) is 11.4. The quantitative estimate of drug-likeness (QED) is 0.248. The average molecular weight is 594 g/mol. The molecule has 0 saturated carbocycles. The number of sulfonamides is 1. The standard InChI is InChI=1S/C26H26Cl2FN5O4S/c1-2-37-23-11-22(31-15-32-23)34-10-4-5-16(13-34)14-38-20-6-3-7-21(25(20)29)39(35,36)33-19-9-8-17(27)24-18(28)12-30-26(19)24/h3,6-9,11-12,15-16,30,33H,2,4-5,10,13-14H2,1H3. The number of ether oxygens (including phenoxy) is 2. The lowest BCUT2D eigenvalue weighted by molar-refractivity contribution is 0.219. The van der Waals surface area contributed by atoms with E-state index in [-0.39, 0.29) is 24.0 Å². The molecule has 0 spiro atoms. The Balaban J connectivity index is 1.29. The number of nitrogens with zero attached hydrogens (tertiary/aromatic N) is 3. The highest BCUT2D eigenvalue weighted by Crippen LogP contribution is 2.36. The smallest absolute Gasteiger partial charge is 0.265 e. The molecule has 13 heteroatoms. The first-order valence-corrected chi connectivity index (χ1v) is 14.6. The summed E-state index contributed by atoms with van der Waals surface area (Å²) >= 11 is 12.4. The minimum Gasteiger partial charge on any atom is -0.490 e. The van der Waals surface area contributed by atoms with Gasteiger partial charge in [0.15, 0.2) is 11.6 Å². The highest BCUT2D eigenvalue weighted by molar-refractivity contribution is 7.92. The second-order valence-corrected chi connectivity index (χ2v) is 11.5. The lowest BCUT2D eigenvalue weighted by Gasteiger charge is -2.33. The zero-order valence-electron chi connectivity index (χ0n) is 21.0. The van der Waals surface area contributed by atoms with Gasteiger partial charge < -0.3 is 19.4 Å². The van der Waals surface area contributed by atoms with E-state index >= 15 is 4.39 Å². The van der Waals surface area contributed by atoms with Crippen LogP contribution >= 0.6 is 23.2 Å². The van der Waals surface area contributed by atoms with Crippen molar-refractivity contribution in [2.45, 2.75) is 24.7 Å². The molecule has 39 heavy (non-hydrogen) atoms. The third-order valence-electron chi connectivity index (χ3n) is 6.44. The monoisotopic (exact) mass is 593 g/mol. The fourth-order valence-electron chi connectivity index (χ4n) is 4.61. The fourth-order valence-corrected chi connectivity index (χ4v) is 6.33. The molecule has 2 aromatic carbocycles. The Hall–Kier alpha value is -3.28. The Morgan fingerprint density at radius 1 is 1.18 bits per heavy atom. The summed E-state index contributed by atoms with van der Waals surface area (Å²) in [7, 11) is -4.30. The van der Waals surface area contributed by atoms with Gasteiger partial charge >= 0.3 is 0 Å². The Morgan fingerprint density at radius 2 is 2.03 bits per heavy atom. The average Bonchev–Trinajstić information content (AvgIpc) is 3.32. The van der Waals surface area contributed by atoms with Crippen molar-refractivity contribution in [3.05, 3.63) is 64.8 Å². The number of benzene rings is 2. The number of hydrogen-bond acceptors (Lipinski definition) is 7. The SMILES string of the molecule is CCOc1cc(N2CCCC(COc3cccc(S(=O)(=O)Nc4ccc(Cl)c5c(Cl)c[nH]c45)c3F)C2)ncn1. The number of nitrogens with one attached hydrogen (secondary N) is 2. The van der Waals surface area contributed by atoms with Gasteiger partial charge in [0, 0.05) is 36.7 Å². The maximum absolute atomic E-state index is 15.4. The van der Waals surface area contributed by atoms with Crippen molar-refractivity contribution >= 4 is 55.6 Å². The normalized spacial score (nSPS) is 15.9. The molecule has 3 heterocycles. The van der Waals surface area contributed by atoms with Gasteiger partial charge in [-0.1, -0.05) is 29.3 Å². The van der Waals surface area contributed by atoms with Crippen LogP contribution in [0.15, 0.2) is 53.8 Å². The van der Waals surface area contributed by atoms with Gasteiger partial charge in [-0.3, -0.25) is 4.72 Å². The number of rotatable bonds is 9. The van der Waals surface area contributed by atoms with Crippen molar-refractivity contribution in [2.75, 3.05) is 35.9 Å². The van der Waals surface area contributed by atoms with Crippen LogP contribution in [-0.4, -0.2) is 49.7 Å². The molecule has 1 unspecified atom stereocenters. The molecular weight excluding hydrogens is 568 g/mol. The molecule has 1 fully saturated rings. The van der Waals surface area contributed by atoms with Crippen LogP contribution in [0.4, 0.5) is 15.9 Å². The van der Waals surface area contributed by atoms with Crippen LogP contribution in [0.1, 0.15) is 19.8 Å². The van der Waals surface area contributed by atoms with Crippen molar-refractivity contribution in [1.29, 1.82) is 0 Å².